The highest BCUT2D eigenvalue weighted by molar-refractivity contribution is 5.59. The lowest BCUT2D eigenvalue weighted by molar-refractivity contribution is 0.181. The first-order valence-corrected chi connectivity index (χ1v) is 7.58. The second-order valence-corrected chi connectivity index (χ2v) is 6.43. The van der Waals surface area contributed by atoms with Gasteiger partial charge in [0.2, 0.25) is 0 Å². The van der Waals surface area contributed by atoms with E-state index in [0.717, 1.165) is 29.6 Å². The van der Waals surface area contributed by atoms with E-state index < -0.39 is 0 Å². The van der Waals surface area contributed by atoms with Crippen molar-refractivity contribution in [3.63, 3.8) is 0 Å². The van der Waals surface area contributed by atoms with E-state index in [1.807, 2.05) is 7.05 Å². The Morgan fingerprint density at radius 2 is 1.90 bits per heavy atom. The van der Waals surface area contributed by atoms with Crippen molar-refractivity contribution >= 4 is 11.6 Å². The molecule has 1 unspecified atom stereocenters. The summed E-state index contributed by atoms with van der Waals surface area (Å²) in [6, 6.07) is 0.270. The summed E-state index contributed by atoms with van der Waals surface area (Å²) in [5.74, 6) is 2.75. The van der Waals surface area contributed by atoms with Gasteiger partial charge >= 0.3 is 0 Å². The molecule has 1 N–H and O–H groups in total. The fourth-order valence-corrected chi connectivity index (χ4v) is 2.36. The monoisotopic (exact) mass is 294 g/mol. The molecule has 0 aliphatic rings. The van der Waals surface area contributed by atoms with Gasteiger partial charge in [-0.25, -0.2) is 9.97 Å². The number of methoxy groups -OCH3 is 1. The first-order valence-electron chi connectivity index (χ1n) is 7.58. The minimum atomic E-state index is -0.0854. The summed E-state index contributed by atoms with van der Waals surface area (Å²) < 4.78 is 5.30. The molecular weight excluding hydrogens is 264 g/mol. The highest BCUT2D eigenvalue weighted by atomic mass is 16.5. The smallest absolute Gasteiger partial charge is 0.138 e. The van der Waals surface area contributed by atoms with E-state index in [1.165, 1.54) is 0 Å². The summed E-state index contributed by atoms with van der Waals surface area (Å²) in [4.78, 5) is 11.8. The zero-order chi connectivity index (χ0) is 16.2. The number of hydrogen-bond donors (Lipinski definition) is 1. The van der Waals surface area contributed by atoms with Crippen LogP contribution in [0.2, 0.25) is 0 Å². The molecule has 1 heterocycles. The molecule has 0 bridgehead atoms. The molecule has 120 valence electrons. The van der Waals surface area contributed by atoms with Gasteiger partial charge in [-0.15, -0.1) is 0 Å². The highest BCUT2D eigenvalue weighted by Gasteiger charge is 2.24. The number of ether oxygens (including phenoxy) is 1. The molecule has 1 aromatic heterocycles. The molecule has 0 spiro atoms. The van der Waals surface area contributed by atoms with E-state index in [1.54, 1.807) is 7.11 Å². The highest BCUT2D eigenvalue weighted by Crippen LogP contribution is 2.29. The van der Waals surface area contributed by atoms with E-state index >= 15 is 0 Å². The molecule has 0 radical (unpaired) electrons. The molecule has 0 aliphatic heterocycles. The fraction of sp³-hybridized carbons (Fsp3) is 0.750. The average Bonchev–Trinajstić information content (AvgIpc) is 2.40. The van der Waals surface area contributed by atoms with Gasteiger partial charge in [0.25, 0.3) is 0 Å². The maximum absolute atomic E-state index is 5.30. The molecule has 5 nitrogen and oxygen atoms in total. The van der Waals surface area contributed by atoms with Crippen LogP contribution < -0.4 is 10.2 Å². The Kier molecular flexibility index (Phi) is 5.96. The van der Waals surface area contributed by atoms with Crippen LogP contribution in [0.15, 0.2) is 0 Å². The number of likely N-dealkylation sites (N-methyl/N-ethyl adjacent to an activating group) is 1. The predicted octanol–water partition coefficient (Wildman–Crippen LogP) is 2.99. The Balaban J connectivity index is 3.38. The lowest BCUT2D eigenvalue weighted by Gasteiger charge is -2.31. The van der Waals surface area contributed by atoms with Gasteiger partial charge in [-0.05, 0) is 20.8 Å². The van der Waals surface area contributed by atoms with Crippen molar-refractivity contribution in [3.8, 4) is 0 Å². The summed E-state index contributed by atoms with van der Waals surface area (Å²) in [7, 11) is 3.64. The third-order valence-corrected chi connectivity index (χ3v) is 3.58. The van der Waals surface area contributed by atoms with Crippen molar-refractivity contribution in [1.82, 2.24) is 9.97 Å². The van der Waals surface area contributed by atoms with Crippen molar-refractivity contribution < 1.29 is 4.74 Å². The average molecular weight is 294 g/mol. The molecule has 1 rings (SSSR count). The van der Waals surface area contributed by atoms with E-state index in [2.05, 4.69) is 56.7 Å². The van der Waals surface area contributed by atoms with Crippen LogP contribution in [0.25, 0.3) is 0 Å². The van der Waals surface area contributed by atoms with Gasteiger partial charge in [0.1, 0.15) is 17.5 Å². The van der Waals surface area contributed by atoms with Gasteiger partial charge in [0.15, 0.2) is 0 Å². The summed E-state index contributed by atoms with van der Waals surface area (Å²) in [6.07, 6.45) is 0. The zero-order valence-corrected chi connectivity index (χ0v) is 14.7. The topological polar surface area (TPSA) is 50.3 Å². The van der Waals surface area contributed by atoms with E-state index in [0.29, 0.717) is 6.61 Å². The molecule has 1 aromatic rings. The van der Waals surface area contributed by atoms with Crippen molar-refractivity contribution in [1.29, 1.82) is 0 Å². The Hall–Kier alpha value is -1.36. The van der Waals surface area contributed by atoms with Crippen molar-refractivity contribution in [3.05, 3.63) is 11.4 Å². The first kappa shape index (κ1) is 17.7. The van der Waals surface area contributed by atoms with Crippen LogP contribution in [-0.2, 0) is 10.2 Å². The third-order valence-electron chi connectivity index (χ3n) is 3.58. The maximum Gasteiger partial charge on any atom is 0.138 e. The first-order chi connectivity index (χ1) is 9.76. The van der Waals surface area contributed by atoms with E-state index in [-0.39, 0.29) is 11.5 Å². The van der Waals surface area contributed by atoms with Gasteiger partial charge < -0.3 is 15.0 Å². The second kappa shape index (κ2) is 7.07. The standard InChI is InChI=1S/C16H30N4O/c1-9-20(11(2)10-21-8)14-12(3)13(17-7)18-15(19-14)16(4,5)6/h11H,9-10H2,1-8H3,(H,17,18,19). The number of aromatic nitrogens is 2. The minimum absolute atomic E-state index is 0.0854. The Labute approximate surface area is 129 Å². The van der Waals surface area contributed by atoms with Crippen molar-refractivity contribution in [2.24, 2.45) is 0 Å². The van der Waals surface area contributed by atoms with E-state index in [4.69, 9.17) is 9.72 Å². The molecule has 0 saturated carbocycles. The van der Waals surface area contributed by atoms with Crippen molar-refractivity contribution in [2.75, 3.05) is 37.5 Å². The van der Waals surface area contributed by atoms with Crippen LogP contribution in [0, 0.1) is 6.92 Å². The predicted molar refractivity (Wildman–Crippen MR) is 89.4 cm³/mol. The quantitative estimate of drug-likeness (QED) is 0.874. The van der Waals surface area contributed by atoms with Crippen LogP contribution in [-0.4, -0.2) is 43.3 Å². The van der Waals surface area contributed by atoms with Crippen molar-refractivity contribution in [2.45, 2.75) is 53.0 Å². The molecular formula is C16H30N4O. The molecule has 0 amide bonds. The van der Waals surface area contributed by atoms with Gasteiger partial charge in [0, 0.05) is 31.7 Å². The molecule has 1 atom stereocenters. The van der Waals surface area contributed by atoms with Gasteiger partial charge in [-0.2, -0.15) is 0 Å². The lowest BCUT2D eigenvalue weighted by atomic mass is 9.95. The number of anilines is 2. The zero-order valence-electron chi connectivity index (χ0n) is 14.7. The molecule has 0 aliphatic carbocycles. The summed E-state index contributed by atoms with van der Waals surface area (Å²) >= 11 is 0. The molecule has 21 heavy (non-hydrogen) atoms. The van der Waals surface area contributed by atoms with Crippen LogP contribution in [0.3, 0.4) is 0 Å². The molecule has 0 aromatic carbocycles. The molecule has 0 saturated heterocycles. The Morgan fingerprint density at radius 3 is 2.33 bits per heavy atom. The second-order valence-electron chi connectivity index (χ2n) is 6.43. The molecule has 0 fully saturated rings. The third kappa shape index (κ3) is 4.06. The van der Waals surface area contributed by atoms with Gasteiger partial charge in [-0.1, -0.05) is 20.8 Å². The largest absolute Gasteiger partial charge is 0.383 e. The normalized spacial score (nSPS) is 13.1. The van der Waals surface area contributed by atoms with Gasteiger partial charge in [0.05, 0.1) is 12.6 Å². The number of hydrogen-bond acceptors (Lipinski definition) is 5. The van der Waals surface area contributed by atoms with Crippen LogP contribution in [0.4, 0.5) is 11.6 Å². The van der Waals surface area contributed by atoms with Crippen LogP contribution >= 0.6 is 0 Å². The van der Waals surface area contributed by atoms with E-state index in [9.17, 15) is 0 Å². The number of nitrogens with zero attached hydrogens (tertiary/aromatic N) is 3. The van der Waals surface area contributed by atoms with Gasteiger partial charge in [-0.3, -0.25) is 0 Å². The Morgan fingerprint density at radius 1 is 1.29 bits per heavy atom. The minimum Gasteiger partial charge on any atom is -0.383 e. The summed E-state index contributed by atoms with van der Waals surface area (Å²) in [5.41, 5.74) is 0.994. The maximum atomic E-state index is 5.30. The SMILES string of the molecule is CCN(c1nc(C(C)(C)C)nc(NC)c1C)C(C)COC. The van der Waals surface area contributed by atoms with Crippen LogP contribution in [0.1, 0.15) is 46.0 Å². The summed E-state index contributed by atoms with van der Waals surface area (Å²) in [5, 5.41) is 3.19. The fourth-order valence-electron chi connectivity index (χ4n) is 2.36. The van der Waals surface area contributed by atoms with Crippen LogP contribution in [0.5, 0.6) is 0 Å². The lowest BCUT2D eigenvalue weighted by Crippen LogP contribution is -2.38. The summed E-state index contributed by atoms with van der Waals surface area (Å²) in [6.45, 7) is 14.3. The number of rotatable bonds is 6. The molecule has 5 heteroatoms. The number of nitrogens with one attached hydrogen (secondary N) is 1. The Bertz CT molecular complexity index is 468.